The summed E-state index contributed by atoms with van der Waals surface area (Å²) in [5.41, 5.74) is 0.390. The largest absolute Gasteiger partial charge is 0.264 e. The Labute approximate surface area is 93.3 Å². The zero-order valence-corrected chi connectivity index (χ0v) is 9.50. The van der Waals surface area contributed by atoms with Crippen LogP contribution in [0, 0.1) is 0 Å². The van der Waals surface area contributed by atoms with Crippen LogP contribution in [0.3, 0.4) is 0 Å². The van der Waals surface area contributed by atoms with Crippen molar-refractivity contribution in [3.8, 4) is 0 Å². The summed E-state index contributed by atoms with van der Waals surface area (Å²) < 4.78 is 27.0. The van der Waals surface area contributed by atoms with Crippen LogP contribution in [0.25, 0.3) is 5.65 Å². The number of hydrogen-bond donors (Lipinski definition) is 0. The number of pyridine rings is 1. The first-order valence-corrected chi connectivity index (χ1v) is 5.24. The van der Waals surface area contributed by atoms with Crippen LogP contribution in [-0.4, -0.2) is 14.6 Å². The molecule has 0 fully saturated rings. The molecular formula is C9H8BrF2N3. The highest BCUT2D eigenvalue weighted by atomic mass is 79.9. The normalized spacial score (nSPS) is 11.5. The fraction of sp³-hybridized carbons (Fsp3) is 0.333. The average Bonchev–Trinajstić information content (AvgIpc) is 2.61. The first kappa shape index (κ1) is 10.5. The summed E-state index contributed by atoms with van der Waals surface area (Å²) in [4.78, 5) is 4.12. The maximum Gasteiger partial charge on any atom is 0.264 e. The molecule has 0 spiro atoms. The van der Waals surface area contributed by atoms with Crippen LogP contribution < -0.4 is 0 Å². The smallest absolute Gasteiger partial charge is 0.212 e. The summed E-state index contributed by atoms with van der Waals surface area (Å²) in [5, 5.41) is 4.14. The lowest BCUT2D eigenvalue weighted by atomic mass is 10.3. The van der Waals surface area contributed by atoms with Gasteiger partial charge in [0.05, 0.1) is 0 Å². The Morgan fingerprint density at radius 3 is 2.80 bits per heavy atom. The molecule has 0 aliphatic rings. The first-order valence-electron chi connectivity index (χ1n) is 4.45. The molecule has 0 radical (unpaired) electrons. The van der Waals surface area contributed by atoms with Gasteiger partial charge in [0.15, 0.2) is 11.5 Å². The van der Waals surface area contributed by atoms with Gasteiger partial charge in [0, 0.05) is 12.0 Å². The Morgan fingerprint density at radius 1 is 1.47 bits per heavy atom. The molecule has 0 atom stereocenters. The number of fused-ring (bicyclic) bond motifs is 1. The predicted octanol–water partition coefficient (Wildman–Crippen LogP) is 2.99. The van der Waals surface area contributed by atoms with E-state index in [-0.39, 0.29) is 5.56 Å². The summed E-state index contributed by atoms with van der Waals surface area (Å²) in [7, 11) is 0. The summed E-state index contributed by atoms with van der Waals surface area (Å²) in [6.07, 6.45) is -1.81. The van der Waals surface area contributed by atoms with Crippen LogP contribution in [0.15, 0.2) is 16.7 Å². The van der Waals surface area contributed by atoms with E-state index in [9.17, 15) is 8.78 Å². The van der Waals surface area contributed by atoms with Crippen molar-refractivity contribution >= 4 is 21.6 Å². The van der Waals surface area contributed by atoms with E-state index in [1.165, 1.54) is 16.6 Å². The molecule has 0 saturated carbocycles. The van der Waals surface area contributed by atoms with E-state index in [0.29, 0.717) is 22.5 Å². The van der Waals surface area contributed by atoms with Crippen molar-refractivity contribution in [2.45, 2.75) is 19.8 Å². The molecule has 80 valence electrons. The van der Waals surface area contributed by atoms with Gasteiger partial charge < -0.3 is 0 Å². The highest BCUT2D eigenvalue weighted by Gasteiger charge is 2.12. The number of hydrogen-bond acceptors (Lipinski definition) is 2. The molecule has 0 aromatic carbocycles. The minimum Gasteiger partial charge on any atom is -0.212 e. The second-order valence-corrected chi connectivity index (χ2v) is 3.88. The zero-order valence-electron chi connectivity index (χ0n) is 7.91. The van der Waals surface area contributed by atoms with E-state index in [0.717, 1.165) is 0 Å². The summed E-state index contributed by atoms with van der Waals surface area (Å²) in [6, 6.07) is 2.70. The molecule has 15 heavy (non-hydrogen) atoms. The number of aryl methyl sites for hydroxylation is 1. The lowest BCUT2D eigenvalue weighted by molar-refractivity contribution is 0.151. The molecule has 2 rings (SSSR count). The highest BCUT2D eigenvalue weighted by molar-refractivity contribution is 9.10. The molecule has 3 nitrogen and oxygen atoms in total. The Bertz CT molecular complexity index is 495. The Morgan fingerprint density at radius 2 is 2.20 bits per heavy atom. The standard InChI is InChI=1S/C9H8BrF2N3/c1-2-7-13-8-4-5(9(11)12)3-6(10)15(8)14-7/h3-4,9H,2H2,1H3. The number of rotatable bonds is 2. The molecule has 0 amide bonds. The van der Waals surface area contributed by atoms with Gasteiger partial charge in [0.2, 0.25) is 0 Å². The fourth-order valence-corrected chi connectivity index (χ4v) is 1.81. The first-order chi connectivity index (χ1) is 7.11. The van der Waals surface area contributed by atoms with Gasteiger partial charge in [-0.15, -0.1) is 0 Å². The third kappa shape index (κ3) is 1.86. The molecule has 0 saturated heterocycles. The maximum absolute atomic E-state index is 12.5. The molecule has 2 heterocycles. The minimum atomic E-state index is -2.49. The summed E-state index contributed by atoms with van der Waals surface area (Å²) in [5.74, 6) is 0.641. The van der Waals surface area contributed by atoms with Crippen LogP contribution in [0.1, 0.15) is 24.7 Å². The summed E-state index contributed by atoms with van der Waals surface area (Å²) in [6.45, 7) is 1.91. The number of alkyl halides is 2. The van der Waals surface area contributed by atoms with Crippen molar-refractivity contribution in [2.24, 2.45) is 0 Å². The van der Waals surface area contributed by atoms with Gasteiger partial charge >= 0.3 is 0 Å². The topological polar surface area (TPSA) is 30.2 Å². The molecule has 0 unspecified atom stereocenters. The molecule has 2 aromatic heterocycles. The van der Waals surface area contributed by atoms with Gasteiger partial charge in [0.1, 0.15) is 4.60 Å². The number of halogens is 3. The second kappa shape index (κ2) is 3.84. The monoisotopic (exact) mass is 275 g/mol. The van der Waals surface area contributed by atoms with Gasteiger partial charge in [-0.05, 0) is 28.1 Å². The van der Waals surface area contributed by atoms with Crippen molar-refractivity contribution < 1.29 is 8.78 Å². The van der Waals surface area contributed by atoms with Crippen LogP contribution in [-0.2, 0) is 6.42 Å². The quantitative estimate of drug-likeness (QED) is 0.789. The lowest BCUT2D eigenvalue weighted by Gasteiger charge is -2.01. The van der Waals surface area contributed by atoms with Crippen molar-refractivity contribution in [3.05, 3.63) is 28.1 Å². The van der Waals surface area contributed by atoms with Crippen molar-refractivity contribution in [1.29, 1.82) is 0 Å². The van der Waals surface area contributed by atoms with Crippen LogP contribution >= 0.6 is 15.9 Å². The van der Waals surface area contributed by atoms with Crippen LogP contribution in [0.5, 0.6) is 0 Å². The molecule has 2 aromatic rings. The van der Waals surface area contributed by atoms with Gasteiger partial charge in [-0.1, -0.05) is 6.92 Å². The van der Waals surface area contributed by atoms with Crippen molar-refractivity contribution in [1.82, 2.24) is 14.6 Å². The number of aromatic nitrogens is 3. The molecule has 0 bridgehead atoms. The molecule has 6 heteroatoms. The Kier molecular flexibility index (Phi) is 2.68. The average molecular weight is 276 g/mol. The van der Waals surface area contributed by atoms with Crippen LogP contribution in [0.2, 0.25) is 0 Å². The zero-order chi connectivity index (χ0) is 11.0. The van der Waals surface area contributed by atoms with Gasteiger partial charge in [-0.25, -0.2) is 18.3 Å². The van der Waals surface area contributed by atoms with Gasteiger partial charge in [-0.2, -0.15) is 5.10 Å². The molecule has 0 N–H and O–H groups in total. The fourth-order valence-electron chi connectivity index (χ4n) is 1.28. The van der Waals surface area contributed by atoms with E-state index in [1.807, 2.05) is 6.92 Å². The molecule has 0 aliphatic carbocycles. The van der Waals surface area contributed by atoms with E-state index in [1.54, 1.807) is 0 Å². The van der Waals surface area contributed by atoms with Crippen LogP contribution in [0.4, 0.5) is 8.78 Å². The van der Waals surface area contributed by atoms with Gasteiger partial charge in [0.25, 0.3) is 6.43 Å². The van der Waals surface area contributed by atoms with Gasteiger partial charge in [-0.3, -0.25) is 0 Å². The van der Waals surface area contributed by atoms with E-state index in [4.69, 9.17) is 0 Å². The molecular weight excluding hydrogens is 268 g/mol. The van der Waals surface area contributed by atoms with E-state index < -0.39 is 6.43 Å². The molecule has 0 aliphatic heterocycles. The third-order valence-corrected chi connectivity index (χ3v) is 2.59. The lowest BCUT2D eigenvalue weighted by Crippen LogP contribution is -1.94. The number of nitrogens with zero attached hydrogens (tertiary/aromatic N) is 3. The predicted molar refractivity (Wildman–Crippen MR) is 55.0 cm³/mol. The van der Waals surface area contributed by atoms with Crippen molar-refractivity contribution in [2.75, 3.05) is 0 Å². The van der Waals surface area contributed by atoms with E-state index in [2.05, 4.69) is 26.0 Å². The van der Waals surface area contributed by atoms with E-state index >= 15 is 0 Å². The Balaban J connectivity index is 2.65. The minimum absolute atomic E-state index is 0.0515. The van der Waals surface area contributed by atoms with Crippen molar-refractivity contribution in [3.63, 3.8) is 0 Å². The highest BCUT2D eigenvalue weighted by Crippen LogP contribution is 2.24. The second-order valence-electron chi connectivity index (χ2n) is 3.06. The maximum atomic E-state index is 12.5. The SMILES string of the molecule is CCc1nc2cc(C(F)F)cc(Br)n2n1. The summed E-state index contributed by atoms with van der Waals surface area (Å²) >= 11 is 3.19. The third-order valence-electron chi connectivity index (χ3n) is 2.03. The Hall–Kier alpha value is -1.04.